The predicted molar refractivity (Wildman–Crippen MR) is 149 cm³/mol. The number of fused-ring (bicyclic) bond motifs is 1. The van der Waals surface area contributed by atoms with Crippen molar-refractivity contribution in [3.05, 3.63) is 96.7 Å². The summed E-state index contributed by atoms with van der Waals surface area (Å²) >= 11 is 0. The van der Waals surface area contributed by atoms with Crippen LogP contribution in [0.2, 0.25) is 0 Å². The molecular weight excluding hydrogens is 513 g/mol. The van der Waals surface area contributed by atoms with Crippen molar-refractivity contribution in [2.75, 3.05) is 16.4 Å². The summed E-state index contributed by atoms with van der Waals surface area (Å²) in [6.07, 6.45) is 4.91. The van der Waals surface area contributed by atoms with Gasteiger partial charge in [-0.15, -0.1) is 0 Å². The molecule has 5 aromatic rings. The van der Waals surface area contributed by atoms with Gasteiger partial charge < -0.3 is 26.4 Å². The first-order valence-corrected chi connectivity index (χ1v) is 12.6. The third-order valence-electron chi connectivity index (χ3n) is 6.33. The van der Waals surface area contributed by atoms with E-state index in [1.165, 1.54) is 30.6 Å². The van der Waals surface area contributed by atoms with Gasteiger partial charge in [0.1, 0.15) is 29.2 Å². The fourth-order valence-electron chi connectivity index (χ4n) is 4.28. The molecule has 2 aromatic heterocycles. The molecule has 0 bridgehead atoms. The van der Waals surface area contributed by atoms with Crippen molar-refractivity contribution >= 4 is 34.6 Å². The summed E-state index contributed by atoms with van der Waals surface area (Å²) in [4.78, 5) is 29.8. The zero-order valence-corrected chi connectivity index (χ0v) is 21.1. The number of nitrogens with two attached hydrogens (primary N) is 1. The summed E-state index contributed by atoms with van der Waals surface area (Å²) in [6.45, 7) is 0. The number of amides is 3. The molecule has 0 atom stereocenters. The largest absolute Gasteiger partial charge is 0.457 e. The lowest BCUT2D eigenvalue weighted by Crippen LogP contribution is -2.25. The number of ether oxygens (including phenoxy) is 1. The number of aromatic nitrogens is 3. The average Bonchev–Trinajstić information content (AvgIpc) is 3.66. The van der Waals surface area contributed by atoms with Crippen molar-refractivity contribution in [1.82, 2.24) is 19.9 Å². The average molecular weight is 538 g/mol. The molecule has 1 aliphatic rings. The molecule has 0 aliphatic heterocycles. The fraction of sp³-hybridized carbons (Fsp3) is 0.103. The Hall–Kier alpha value is -5.45. The smallest absolute Gasteiger partial charge is 0.323 e. The summed E-state index contributed by atoms with van der Waals surface area (Å²) in [5.41, 5.74) is 9.52. The third kappa shape index (κ3) is 5.39. The maximum Gasteiger partial charge on any atom is 0.323 e. The Balaban J connectivity index is 1.17. The van der Waals surface area contributed by atoms with E-state index in [-0.39, 0.29) is 23.6 Å². The molecule has 6 rings (SSSR count). The molecule has 5 N–H and O–H groups in total. The summed E-state index contributed by atoms with van der Waals surface area (Å²) in [7, 11) is 0. The van der Waals surface area contributed by atoms with Gasteiger partial charge in [-0.1, -0.05) is 18.2 Å². The van der Waals surface area contributed by atoms with Crippen LogP contribution in [0.1, 0.15) is 23.2 Å². The lowest BCUT2D eigenvalue weighted by molar-refractivity contribution is 0.0951. The van der Waals surface area contributed by atoms with E-state index in [9.17, 15) is 14.0 Å². The Morgan fingerprint density at radius 1 is 0.950 bits per heavy atom. The van der Waals surface area contributed by atoms with E-state index in [1.807, 2.05) is 0 Å². The molecule has 40 heavy (non-hydrogen) atoms. The van der Waals surface area contributed by atoms with Crippen molar-refractivity contribution in [2.45, 2.75) is 18.9 Å². The van der Waals surface area contributed by atoms with E-state index in [1.54, 1.807) is 59.2 Å². The summed E-state index contributed by atoms with van der Waals surface area (Å²) < 4.78 is 20.4. The molecule has 3 amide bonds. The van der Waals surface area contributed by atoms with Crippen LogP contribution in [0.5, 0.6) is 11.5 Å². The molecule has 0 unspecified atom stereocenters. The number of hydrogen-bond donors (Lipinski definition) is 4. The van der Waals surface area contributed by atoms with E-state index in [0.29, 0.717) is 39.5 Å². The van der Waals surface area contributed by atoms with Gasteiger partial charge in [-0.05, 0) is 66.9 Å². The number of rotatable bonds is 7. The molecule has 0 spiro atoms. The second-order valence-electron chi connectivity index (χ2n) is 9.34. The van der Waals surface area contributed by atoms with Gasteiger partial charge in [0, 0.05) is 35.2 Å². The van der Waals surface area contributed by atoms with Crippen LogP contribution in [0, 0.1) is 5.82 Å². The highest BCUT2D eigenvalue weighted by atomic mass is 19.1. The molecule has 3 aromatic carbocycles. The van der Waals surface area contributed by atoms with Crippen molar-refractivity contribution < 1.29 is 18.7 Å². The molecule has 0 saturated heterocycles. The Morgan fingerprint density at radius 3 is 2.45 bits per heavy atom. The zero-order valence-electron chi connectivity index (χ0n) is 21.1. The second-order valence-corrected chi connectivity index (χ2v) is 9.34. The normalized spacial score (nSPS) is 12.6. The number of hydrogen-bond acceptors (Lipinski definition) is 6. The number of benzene rings is 3. The third-order valence-corrected chi connectivity index (χ3v) is 6.33. The highest BCUT2D eigenvalue weighted by molar-refractivity contribution is 6.07. The molecule has 2 heterocycles. The van der Waals surface area contributed by atoms with Gasteiger partial charge in [-0.2, -0.15) is 5.10 Å². The first kappa shape index (κ1) is 24.9. The van der Waals surface area contributed by atoms with Gasteiger partial charge in [-0.3, -0.25) is 4.79 Å². The van der Waals surface area contributed by atoms with Crippen LogP contribution >= 0.6 is 0 Å². The van der Waals surface area contributed by atoms with Gasteiger partial charge >= 0.3 is 6.03 Å². The van der Waals surface area contributed by atoms with E-state index < -0.39 is 6.03 Å². The number of nitrogens with zero attached hydrogens (tertiary/aromatic N) is 3. The highest BCUT2D eigenvalue weighted by Crippen LogP contribution is 2.34. The minimum Gasteiger partial charge on any atom is -0.457 e. The quantitative estimate of drug-likeness (QED) is 0.218. The summed E-state index contributed by atoms with van der Waals surface area (Å²) in [5, 5.41) is 12.8. The van der Waals surface area contributed by atoms with Crippen LogP contribution in [0.3, 0.4) is 0 Å². The monoisotopic (exact) mass is 537 g/mol. The Morgan fingerprint density at radius 2 is 1.70 bits per heavy atom. The number of halogens is 1. The van der Waals surface area contributed by atoms with Crippen LogP contribution in [0.15, 0.2) is 85.3 Å². The predicted octanol–water partition coefficient (Wildman–Crippen LogP) is 5.45. The molecule has 1 aliphatic carbocycles. The number of nitrogens with one attached hydrogen (secondary N) is 3. The Bertz CT molecular complexity index is 1710. The van der Waals surface area contributed by atoms with E-state index in [0.717, 1.165) is 18.4 Å². The first-order chi connectivity index (χ1) is 19.4. The minimum absolute atomic E-state index is 0.187. The molecule has 10 nitrogen and oxygen atoms in total. The van der Waals surface area contributed by atoms with Crippen molar-refractivity contribution in [1.29, 1.82) is 0 Å². The topological polar surface area (TPSA) is 136 Å². The van der Waals surface area contributed by atoms with Crippen LogP contribution in [-0.2, 0) is 0 Å². The van der Waals surface area contributed by atoms with Crippen molar-refractivity contribution in [3.63, 3.8) is 0 Å². The van der Waals surface area contributed by atoms with Gasteiger partial charge in [0.25, 0.3) is 5.91 Å². The van der Waals surface area contributed by atoms with Gasteiger partial charge in [0.05, 0.1) is 5.56 Å². The number of carbonyl (C=O) groups is 2. The molecule has 0 radical (unpaired) electrons. The molecular formula is C29H24FN7O3. The van der Waals surface area contributed by atoms with Crippen LogP contribution < -0.4 is 26.4 Å². The number of urea groups is 1. The summed E-state index contributed by atoms with van der Waals surface area (Å²) in [6, 6.07) is 19.3. The van der Waals surface area contributed by atoms with Crippen molar-refractivity contribution in [3.8, 4) is 22.6 Å². The maximum absolute atomic E-state index is 13.1. The fourth-order valence-corrected chi connectivity index (χ4v) is 4.28. The van der Waals surface area contributed by atoms with Crippen LogP contribution in [-0.4, -0.2) is 32.6 Å². The molecule has 11 heteroatoms. The zero-order chi connectivity index (χ0) is 27.6. The number of anilines is 3. The SMILES string of the molecule is Nc1ncnn2cc(C(=O)NC3CC3)c(-c3ccc(NC(=O)Nc4cccc(Oc5ccc(F)cc5)c4)cc3)c12. The highest BCUT2D eigenvalue weighted by Gasteiger charge is 2.27. The Kier molecular flexibility index (Phi) is 6.44. The maximum atomic E-state index is 13.1. The standard InChI is InChI=1S/C29H24FN7O3/c30-18-6-12-22(13-7-18)40-23-3-1-2-21(14-23)36-29(39)35-20-8-4-17(5-9-20)25-24(28(38)34-19-10-11-19)15-37-26(25)27(31)32-16-33-37/h1-9,12-16,19H,10-11H2,(H,34,38)(H2,31,32,33)(H2,35,36,39). The second kappa shape index (κ2) is 10.4. The Labute approximate surface area is 228 Å². The molecule has 1 fully saturated rings. The molecule has 200 valence electrons. The number of carbonyl (C=O) groups excluding carboxylic acids is 2. The van der Waals surface area contributed by atoms with Gasteiger partial charge in [0.2, 0.25) is 0 Å². The lowest BCUT2D eigenvalue weighted by Gasteiger charge is -2.11. The lowest BCUT2D eigenvalue weighted by atomic mass is 10.0. The van der Waals surface area contributed by atoms with E-state index in [2.05, 4.69) is 26.0 Å². The number of nitrogen functional groups attached to an aromatic ring is 1. The van der Waals surface area contributed by atoms with Gasteiger partial charge in [0.15, 0.2) is 5.82 Å². The first-order valence-electron chi connectivity index (χ1n) is 12.6. The van der Waals surface area contributed by atoms with E-state index in [4.69, 9.17) is 10.5 Å². The van der Waals surface area contributed by atoms with E-state index >= 15 is 0 Å². The van der Waals surface area contributed by atoms with Gasteiger partial charge in [-0.25, -0.2) is 18.7 Å². The minimum atomic E-state index is -0.455. The molecule has 1 saturated carbocycles. The van der Waals surface area contributed by atoms with Crippen LogP contribution in [0.25, 0.3) is 16.6 Å². The summed E-state index contributed by atoms with van der Waals surface area (Å²) in [5.74, 6) is 0.656. The van der Waals surface area contributed by atoms with Crippen LogP contribution in [0.4, 0.5) is 26.4 Å². The van der Waals surface area contributed by atoms with Crippen molar-refractivity contribution in [2.24, 2.45) is 0 Å².